The largest absolute Gasteiger partial charge is 0.432 e. The summed E-state index contributed by atoms with van der Waals surface area (Å²) in [6.07, 6.45) is -45.5. The van der Waals surface area contributed by atoms with Gasteiger partial charge in [0.1, 0.15) is 115 Å². The molecule has 0 aromatic heterocycles. The minimum absolute atomic E-state index is 0.0403. The zero-order valence-electron chi connectivity index (χ0n) is 54.7. The minimum Gasteiger partial charge on any atom is -0.432 e. The van der Waals surface area contributed by atoms with Gasteiger partial charge in [-0.1, -0.05) is 53.2 Å². The Bertz CT molecular complexity index is 2730. The number of fused-ring (bicyclic) bond motifs is 7. The van der Waals surface area contributed by atoms with E-state index in [9.17, 15) is 102 Å². The van der Waals surface area contributed by atoms with Crippen molar-refractivity contribution in [3.05, 3.63) is 11.6 Å². The van der Waals surface area contributed by atoms with Crippen LogP contribution in [-0.4, -0.2) is 338 Å². The zero-order valence-corrected chi connectivity index (χ0v) is 54.7. The Morgan fingerprint density at radius 3 is 1.76 bits per heavy atom. The highest BCUT2D eigenvalue weighted by Crippen LogP contribution is 2.76. The molecular formula is C63H102O33. The summed E-state index contributed by atoms with van der Waals surface area (Å²) in [7, 11) is 0. The van der Waals surface area contributed by atoms with Gasteiger partial charge in [-0.05, 0) is 85.4 Å². The minimum atomic E-state index is -2.09. The fourth-order valence-corrected chi connectivity index (χ4v) is 19.0. The number of rotatable bonds is 16. The third-order valence-electron chi connectivity index (χ3n) is 24.6. The fraction of sp³-hybridized carbons (Fsp3) is 0.952. The lowest BCUT2D eigenvalue weighted by Crippen LogP contribution is -2.73. The second-order valence-corrected chi connectivity index (χ2v) is 30.9. The highest BCUT2D eigenvalue weighted by Gasteiger charge is 2.75. The number of ether oxygens (including phenoxy) is 12. The van der Waals surface area contributed by atoms with E-state index in [0.717, 1.165) is 5.57 Å². The van der Waals surface area contributed by atoms with Crippen molar-refractivity contribution in [1.29, 1.82) is 0 Å². The molecule has 11 rings (SSSR count). The molecule has 11 aliphatic rings. The van der Waals surface area contributed by atoms with Gasteiger partial charge in [-0.3, -0.25) is 4.79 Å². The van der Waals surface area contributed by atoms with Crippen LogP contribution in [0.5, 0.6) is 0 Å². The maximum Gasteiger partial charge on any atom is 0.317 e. The molecule has 33 heteroatoms. The predicted octanol–water partition coefficient (Wildman–Crippen LogP) is -7.56. The van der Waals surface area contributed by atoms with Gasteiger partial charge < -0.3 is 159 Å². The molecule has 33 nitrogen and oxygen atoms in total. The van der Waals surface area contributed by atoms with Gasteiger partial charge in [0.15, 0.2) is 37.6 Å². The van der Waals surface area contributed by atoms with E-state index in [0.29, 0.717) is 19.3 Å². The van der Waals surface area contributed by atoms with Crippen LogP contribution in [0.15, 0.2) is 11.6 Å². The van der Waals surface area contributed by atoms with Gasteiger partial charge in [-0.15, -0.1) is 0 Å². The molecule has 38 atom stereocenters. The van der Waals surface area contributed by atoms with Crippen molar-refractivity contribution in [1.82, 2.24) is 0 Å². The number of esters is 1. The molecule has 4 saturated carbocycles. The van der Waals surface area contributed by atoms with Crippen molar-refractivity contribution in [2.45, 2.75) is 277 Å². The molecule has 0 radical (unpaired) electrons. The molecule has 6 saturated heterocycles. The van der Waals surface area contributed by atoms with Gasteiger partial charge in [-0.25, -0.2) is 0 Å². The number of aliphatic hydroxyl groups excluding tert-OH is 19. The molecule has 6 aliphatic heterocycles. The van der Waals surface area contributed by atoms with Crippen LogP contribution in [0.1, 0.15) is 93.4 Å². The van der Waals surface area contributed by atoms with E-state index in [1.807, 2.05) is 34.6 Å². The van der Waals surface area contributed by atoms with Crippen molar-refractivity contribution >= 4 is 5.97 Å². The van der Waals surface area contributed by atoms with Crippen molar-refractivity contribution < 1.29 is 164 Å². The van der Waals surface area contributed by atoms with Crippen LogP contribution >= 0.6 is 0 Å². The molecule has 6 heterocycles. The summed E-state index contributed by atoms with van der Waals surface area (Å²) in [5.74, 6) is -2.88. The average Bonchev–Trinajstić information content (AvgIpc) is 0.723. The molecule has 0 spiro atoms. The van der Waals surface area contributed by atoms with E-state index >= 15 is 4.79 Å². The van der Waals surface area contributed by atoms with Crippen LogP contribution in [0.3, 0.4) is 0 Å². The molecule has 96 heavy (non-hydrogen) atoms. The highest BCUT2D eigenvalue weighted by atomic mass is 16.8. The van der Waals surface area contributed by atoms with Crippen molar-refractivity contribution in [3.63, 3.8) is 0 Å². The summed E-state index contributed by atoms with van der Waals surface area (Å²) in [6, 6.07) is 0. The Labute approximate surface area is 553 Å². The number of carbonyl (C=O) groups excluding carboxylic acids is 1. The Hall–Kier alpha value is -2.03. The van der Waals surface area contributed by atoms with Gasteiger partial charge in [0.25, 0.3) is 0 Å². The molecule has 0 bridgehead atoms. The summed E-state index contributed by atoms with van der Waals surface area (Å²) in [5.41, 5.74) is -7.78. The Morgan fingerprint density at radius 2 is 1.11 bits per heavy atom. The number of hydrogen-bond donors (Lipinski definition) is 20. The highest BCUT2D eigenvalue weighted by molar-refractivity contribution is 5.80. The molecule has 552 valence electrons. The van der Waals surface area contributed by atoms with Crippen LogP contribution in [-0.2, 0) is 61.6 Å². The van der Waals surface area contributed by atoms with Crippen molar-refractivity contribution in [3.8, 4) is 0 Å². The summed E-state index contributed by atoms with van der Waals surface area (Å²) in [6.45, 7) is 8.24. The second-order valence-electron chi connectivity index (χ2n) is 30.9. The van der Waals surface area contributed by atoms with E-state index < -0.39 is 286 Å². The molecule has 20 N–H and O–H groups in total. The van der Waals surface area contributed by atoms with E-state index in [-0.39, 0.29) is 25.7 Å². The van der Waals surface area contributed by atoms with Crippen LogP contribution in [0.25, 0.3) is 0 Å². The van der Waals surface area contributed by atoms with E-state index in [4.69, 9.17) is 56.8 Å². The maximum atomic E-state index is 15.5. The molecule has 0 aromatic carbocycles. The zero-order chi connectivity index (χ0) is 70.2. The number of carbonyl (C=O) groups is 1. The summed E-state index contributed by atoms with van der Waals surface area (Å²) < 4.78 is 70.2. The molecule has 10 fully saturated rings. The smallest absolute Gasteiger partial charge is 0.317 e. The third kappa shape index (κ3) is 12.3. The quantitative estimate of drug-likeness (QED) is 0.0388. The maximum absolute atomic E-state index is 15.5. The number of hydrogen-bond acceptors (Lipinski definition) is 33. The summed E-state index contributed by atoms with van der Waals surface area (Å²) in [4.78, 5) is 15.5. The molecule has 0 aromatic rings. The van der Waals surface area contributed by atoms with Gasteiger partial charge in [0, 0.05) is 11.3 Å². The summed E-state index contributed by atoms with van der Waals surface area (Å²) >= 11 is 0. The Kier molecular flexibility index (Phi) is 21.6. The van der Waals surface area contributed by atoms with Gasteiger partial charge >= 0.3 is 5.97 Å². The first-order chi connectivity index (χ1) is 45.0. The van der Waals surface area contributed by atoms with Crippen molar-refractivity contribution in [2.75, 3.05) is 46.2 Å². The van der Waals surface area contributed by atoms with Crippen molar-refractivity contribution in [2.24, 2.45) is 50.2 Å². The molecule has 5 aliphatic carbocycles. The first kappa shape index (κ1) is 75.1. The summed E-state index contributed by atoms with van der Waals surface area (Å²) in [5, 5.41) is 223. The first-order valence-electron chi connectivity index (χ1n) is 33.3. The van der Waals surface area contributed by atoms with Crippen LogP contribution in [0.2, 0.25) is 0 Å². The van der Waals surface area contributed by atoms with Crippen LogP contribution in [0, 0.1) is 50.2 Å². The third-order valence-corrected chi connectivity index (χ3v) is 24.6. The van der Waals surface area contributed by atoms with E-state index in [1.165, 1.54) is 6.92 Å². The van der Waals surface area contributed by atoms with Gasteiger partial charge in [-0.2, -0.15) is 0 Å². The standard InChI is InChI=1S/C63H102O33/c1-23-43(91-50-42(81)44(29(71)19-85-50)92-55-48(82)62(84,21-67)22-87-55)37(76)40(79)51(88-23)94-46-34(73)28(70)18-86-54(46)96-56(83)63-11-10-57(2,3)12-25(63)24-8-9-32-58(4)13-27(69)49(59(5,20-66)47(58)26(68)14-61(32,7)60(24,6)15-33(63)72)95-53-41(80)38(77)45(31(17-65)90-53)93-52-39(78)36(75)35(74)30(16-64)89-52/h8,23,25-55,64-82,84H,9-22H2,1-7H3/t23-,25-,26+,27-,28-,29+,30+,31+,32?,33+,34-,35+,36-,37-,38+,39+,40+,41+,42+,43-,44-,45+,46+,47?,48-,49-,50-,51-,52-,53-,54-,55-,58+,59-,60+,61+,62+,63+/m0/s1. The number of allylic oxidation sites excluding steroid dienone is 2. The molecule has 2 unspecified atom stereocenters. The van der Waals surface area contributed by atoms with Crippen LogP contribution < -0.4 is 0 Å². The normalized spacial score (nSPS) is 55.8. The number of aliphatic hydroxyl groups is 20. The topological polar surface area (TPSA) is 532 Å². The van der Waals surface area contributed by atoms with E-state index in [1.54, 1.807) is 6.92 Å². The predicted molar refractivity (Wildman–Crippen MR) is 314 cm³/mol. The molecular weight excluding hydrogens is 1280 g/mol. The van der Waals surface area contributed by atoms with Gasteiger partial charge in [0.05, 0.1) is 76.8 Å². The Morgan fingerprint density at radius 1 is 0.531 bits per heavy atom. The first-order valence-corrected chi connectivity index (χ1v) is 33.3. The van der Waals surface area contributed by atoms with Crippen LogP contribution in [0.4, 0.5) is 0 Å². The lowest BCUT2D eigenvalue weighted by atomic mass is 9.32. The van der Waals surface area contributed by atoms with E-state index in [2.05, 4.69) is 6.08 Å². The SMILES string of the molecule is C[C@@H]1O[C@@H](O[C@H]2[C@H](OC(=O)[C@]34CCC(C)(C)C[C@H]3C3=CCC5[C@@]6(C)C[C@H](O)[C@H](O[C@@H]7O[C@H](CO)[C@@H](O[C@@H]8O[C@H](CO)[C@@H](O)[C@H](O)[C@H]8O)[C@H](O)[C@H]7O)[C@@](C)(CO)C6[C@H](O)C[C@@]5(C)[C@]3(C)C[C@H]4O)OC[C@H](O)[C@@H]2O)[C@H](O)[C@H](O)[C@H]1O[C@@H]1OC[C@@H](O)[C@H](O[C@@H]2OC[C@](O)(CO)[C@H]2O)[C@H]1O. The average molecular weight is 1390 g/mol. The Balaban J connectivity index is 0.796. The van der Waals surface area contributed by atoms with Gasteiger partial charge in [0.2, 0.25) is 6.29 Å². The second kappa shape index (κ2) is 27.5. The molecule has 0 amide bonds. The monoisotopic (exact) mass is 1390 g/mol. The lowest BCUT2D eigenvalue weighted by Gasteiger charge is -2.73. The lowest BCUT2D eigenvalue weighted by molar-refractivity contribution is -0.376. The fourth-order valence-electron chi connectivity index (χ4n) is 19.0.